The van der Waals surface area contributed by atoms with Crippen molar-refractivity contribution in [3.05, 3.63) is 156 Å². The molecule has 0 radical (unpaired) electrons. The fraction of sp³-hybridized carbons (Fsp3) is 0.179. The van der Waals surface area contributed by atoms with Crippen molar-refractivity contribution in [2.45, 2.75) is 32.0 Å². The summed E-state index contributed by atoms with van der Waals surface area (Å²) in [5, 5.41) is 4.22. The van der Waals surface area contributed by atoms with Gasteiger partial charge in [0, 0.05) is 54.9 Å². The van der Waals surface area contributed by atoms with Gasteiger partial charge in [-0.25, -0.2) is 0 Å². The number of hydrogen-bond donors (Lipinski definition) is 1. The lowest BCUT2D eigenvalue weighted by molar-refractivity contribution is -0.121. The van der Waals surface area contributed by atoms with Gasteiger partial charge in [-0.05, 0) is 70.3 Å². The molecule has 1 amide bonds. The molecule has 1 atom stereocenters. The summed E-state index contributed by atoms with van der Waals surface area (Å²) < 4.78 is 19.6. The molecule has 2 heterocycles. The van der Waals surface area contributed by atoms with Gasteiger partial charge in [0.1, 0.15) is 12.4 Å². The van der Waals surface area contributed by atoms with Crippen LogP contribution in [0.2, 0.25) is 0 Å². The van der Waals surface area contributed by atoms with Crippen LogP contribution in [-0.4, -0.2) is 29.7 Å². The standard InChI is InChI=1S/C39H37N3O4/c1-44-32-15-12-29(13-16-32)25-42-26-35(33-10-6-7-11-36(33)42)34(23-39(43)41-24-28-18-20-40-21-19-28)31-14-17-37(45-2)38(22-31)46-27-30-8-4-3-5-9-30/h3-22,26,34H,23-25,27H2,1-2H3,(H,41,43). The summed E-state index contributed by atoms with van der Waals surface area (Å²) in [5.41, 5.74) is 6.35. The van der Waals surface area contributed by atoms with E-state index in [0.717, 1.165) is 44.5 Å². The highest BCUT2D eigenvalue weighted by molar-refractivity contribution is 5.87. The van der Waals surface area contributed by atoms with Crippen molar-refractivity contribution in [3.8, 4) is 17.2 Å². The van der Waals surface area contributed by atoms with Gasteiger partial charge in [-0.3, -0.25) is 9.78 Å². The Kier molecular flexibility index (Phi) is 9.59. The Morgan fingerprint density at radius 2 is 1.54 bits per heavy atom. The number of hydrogen-bond acceptors (Lipinski definition) is 5. The number of para-hydroxylation sites is 1. The smallest absolute Gasteiger partial charge is 0.221 e. The van der Waals surface area contributed by atoms with Crippen LogP contribution in [0.4, 0.5) is 0 Å². The highest BCUT2D eigenvalue weighted by atomic mass is 16.5. The zero-order chi connectivity index (χ0) is 31.7. The molecule has 6 aromatic rings. The van der Waals surface area contributed by atoms with Crippen molar-refractivity contribution in [1.82, 2.24) is 14.9 Å². The van der Waals surface area contributed by atoms with Gasteiger partial charge in [-0.1, -0.05) is 66.7 Å². The molecule has 0 aliphatic heterocycles. The van der Waals surface area contributed by atoms with Gasteiger partial charge in [-0.2, -0.15) is 0 Å². The van der Waals surface area contributed by atoms with Crippen LogP contribution >= 0.6 is 0 Å². The number of rotatable bonds is 13. The Labute approximate surface area is 269 Å². The number of methoxy groups -OCH3 is 2. The van der Waals surface area contributed by atoms with Gasteiger partial charge in [0.05, 0.1) is 14.2 Å². The minimum atomic E-state index is -0.246. The number of pyridine rings is 1. The summed E-state index contributed by atoms with van der Waals surface area (Å²) in [7, 11) is 3.31. The zero-order valence-electron chi connectivity index (χ0n) is 26.1. The van der Waals surface area contributed by atoms with E-state index in [1.807, 2.05) is 78.9 Å². The first-order valence-electron chi connectivity index (χ1n) is 15.3. The molecule has 0 spiro atoms. The average Bonchev–Trinajstić information content (AvgIpc) is 3.47. The monoisotopic (exact) mass is 611 g/mol. The largest absolute Gasteiger partial charge is 0.497 e. The van der Waals surface area contributed by atoms with E-state index in [2.05, 4.69) is 51.4 Å². The molecule has 1 unspecified atom stereocenters. The van der Waals surface area contributed by atoms with Crippen LogP contribution in [0.25, 0.3) is 10.9 Å². The Hall–Kier alpha value is -5.56. The maximum absolute atomic E-state index is 13.6. The average molecular weight is 612 g/mol. The van der Waals surface area contributed by atoms with E-state index < -0.39 is 0 Å². The first-order chi connectivity index (χ1) is 22.6. The molecule has 1 N–H and O–H groups in total. The summed E-state index contributed by atoms with van der Waals surface area (Å²) in [4.78, 5) is 17.7. The molecule has 46 heavy (non-hydrogen) atoms. The Morgan fingerprint density at radius 1 is 0.783 bits per heavy atom. The predicted molar refractivity (Wildman–Crippen MR) is 180 cm³/mol. The molecule has 0 saturated heterocycles. The highest BCUT2D eigenvalue weighted by Gasteiger charge is 2.24. The van der Waals surface area contributed by atoms with Crippen LogP contribution in [0.1, 0.15) is 40.2 Å². The summed E-state index contributed by atoms with van der Waals surface area (Å²) in [6, 6.07) is 36.3. The minimum Gasteiger partial charge on any atom is -0.497 e. The quantitative estimate of drug-likeness (QED) is 0.146. The molecule has 232 valence electrons. The van der Waals surface area contributed by atoms with Crippen LogP contribution < -0.4 is 19.5 Å². The van der Waals surface area contributed by atoms with E-state index in [1.165, 1.54) is 0 Å². The predicted octanol–water partition coefficient (Wildman–Crippen LogP) is 7.52. The molecule has 0 aliphatic rings. The number of aromatic nitrogens is 2. The van der Waals surface area contributed by atoms with Gasteiger partial charge < -0.3 is 24.1 Å². The molecule has 0 aliphatic carbocycles. The van der Waals surface area contributed by atoms with Crippen LogP contribution in [0, 0.1) is 0 Å². The molecule has 7 nitrogen and oxygen atoms in total. The van der Waals surface area contributed by atoms with E-state index >= 15 is 0 Å². The van der Waals surface area contributed by atoms with Crippen molar-refractivity contribution in [2.24, 2.45) is 0 Å². The fourth-order valence-corrected chi connectivity index (χ4v) is 5.74. The second-order valence-electron chi connectivity index (χ2n) is 11.2. The van der Waals surface area contributed by atoms with Crippen LogP contribution in [-0.2, 0) is 24.5 Å². The summed E-state index contributed by atoms with van der Waals surface area (Å²) in [6.45, 7) is 1.51. The SMILES string of the molecule is COc1ccc(Cn2cc(C(CC(=O)NCc3ccncc3)c3ccc(OC)c(OCc4ccccc4)c3)c3ccccc32)cc1. The maximum Gasteiger partial charge on any atom is 0.221 e. The molecule has 0 saturated carbocycles. The van der Waals surface area contributed by atoms with Gasteiger partial charge in [-0.15, -0.1) is 0 Å². The number of amides is 1. The Bertz CT molecular complexity index is 1890. The van der Waals surface area contributed by atoms with Crippen molar-refractivity contribution < 1.29 is 19.0 Å². The van der Waals surface area contributed by atoms with E-state index in [0.29, 0.717) is 31.2 Å². The van der Waals surface area contributed by atoms with Crippen molar-refractivity contribution in [2.75, 3.05) is 14.2 Å². The number of carbonyl (C=O) groups is 1. The summed E-state index contributed by atoms with van der Waals surface area (Å²) >= 11 is 0. The highest BCUT2D eigenvalue weighted by Crippen LogP contribution is 2.39. The van der Waals surface area contributed by atoms with Crippen LogP contribution in [0.5, 0.6) is 17.2 Å². The van der Waals surface area contributed by atoms with Crippen molar-refractivity contribution in [3.63, 3.8) is 0 Å². The number of benzene rings is 4. The molecule has 2 aromatic heterocycles. The van der Waals surface area contributed by atoms with Gasteiger partial charge >= 0.3 is 0 Å². The topological polar surface area (TPSA) is 74.6 Å². The Balaban J connectivity index is 1.36. The normalized spacial score (nSPS) is 11.6. The summed E-state index contributed by atoms with van der Waals surface area (Å²) in [5.74, 6) is 1.81. The molecule has 6 rings (SSSR count). The van der Waals surface area contributed by atoms with E-state index in [-0.39, 0.29) is 18.2 Å². The third-order valence-corrected chi connectivity index (χ3v) is 8.16. The van der Waals surface area contributed by atoms with E-state index in [1.54, 1.807) is 26.6 Å². The zero-order valence-corrected chi connectivity index (χ0v) is 26.1. The van der Waals surface area contributed by atoms with Crippen molar-refractivity contribution >= 4 is 16.8 Å². The first kappa shape index (κ1) is 30.5. The van der Waals surface area contributed by atoms with E-state index in [4.69, 9.17) is 14.2 Å². The van der Waals surface area contributed by atoms with Gasteiger partial charge in [0.25, 0.3) is 0 Å². The minimum absolute atomic E-state index is 0.0450. The summed E-state index contributed by atoms with van der Waals surface area (Å²) in [6.07, 6.45) is 5.91. The second-order valence-corrected chi connectivity index (χ2v) is 11.2. The van der Waals surface area contributed by atoms with Gasteiger partial charge in [0.15, 0.2) is 11.5 Å². The van der Waals surface area contributed by atoms with Crippen LogP contribution in [0.15, 0.2) is 128 Å². The first-order valence-corrected chi connectivity index (χ1v) is 15.3. The molecule has 0 fully saturated rings. The fourth-order valence-electron chi connectivity index (χ4n) is 5.74. The Morgan fingerprint density at radius 3 is 2.30 bits per heavy atom. The lowest BCUT2D eigenvalue weighted by atomic mass is 9.87. The van der Waals surface area contributed by atoms with E-state index in [9.17, 15) is 4.79 Å². The number of carbonyl (C=O) groups excluding carboxylic acids is 1. The molecule has 7 heteroatoms. The third-order valence-electron chi connectivity index (χ3n) is 8.16. The number of nitrogens with zero attached hydrogens (tertiary/aromatic N) is 2. The third kappa shape index (κ3) is 7.21. The van der Waals surface area contributed by atoms with Gasteiger partial charge in [0.2, 0.25) is 5.91 Å². The molecule has 4 aromatic carbocycles. The lowest BCUT2D eigenvalue weighted by Crippen LogP contribution is -2.25. The number of fused-ring (bicyclic) bond motifs is 1. The number of ether oxygens (including phenoxy) is 3. The second kappa shape index (κ2) is 14.5. The molecule has 0 bridgehead atoms. The molecular formula is C39H37N3O4. The van der Waals surface area contributed by atoms with Crippen LogP contribution in [0.3, 0.4) is 0 Å². The molecular weight excluding hydrogens is 574 g/mol. The number of nitrogens with one attached hydrogen (secondary N) is 1. The lowest BCUT2D eigenvalue weighted by Gasteiger charge is -2.20. The maximum atomic E-state index is 13.6. The van der Waals surface area contributed by atoms with Crippen molar-refractivity contribution in [1.29, 1.82) is 0 Å².